The van der Waals surface area contributed by atoms with Gasteiger partial charge in [-0.15, -0.1) is 0 Å². The van der Waals surface area contributed by atoms with Gasteiger partial charge in [-0.3, -0.25) is 0 Å². The molecule has 3 aromatic rings. The Balaban J connectivity index is 2.33. The highest BCUT2D eigenvalue weighted by Gasteiger charge is 2.35. The molecule has 1 aromatic heterocycles. The maximum Gasteiger partial charge on any atom is 0.407 e. The fourth-order valence-corrected chi connectivity index (χ4v) is 3.24. The molecule has 0 aliphatic carbocycles. The first-order valence-electron chi connectivity index (χ1n) is 8.14. The van der Waals surface area contributed by atoms with E-state index in [9.17, 15) is 13.2 Å². The highest BCUT2D eigenvalue weighted by atomic mass is 32.1. The summed E-state index contributed by atoms with van der Waals surface area (Å²) in [4.78, 5) is 3.10. The maximum absolute atomic E-state index is 13.6. The lowest BCUT2D eigenvalue weighted by molar-refractivity contribution is -0.136. The molecule has 0 aliphatic rings. The number of benzene rings is 2. The van der Waals surface area contributed by atoms with Crippen molar-refractivity contribution in [1.29, 1.82) is 0 Å². The number of rotatable bonds is 3. The van der Waals surface area contributed by atoms with Crippen molar-refractivity contribution < 1.29 is 13.2 Å². The minimum Gasteiger partial charge on any atom is -0.336 e. The van der Waals surface area contributed by atoms with Crippen LogP contribution in [0.1, 0.15) is 16.7 Å². The van der Waals surface area contributed by atoms with Crippen LogP contribution < -0.4 is 0 Å². The van der Waals surface area contributed by atoms with Crippen LogP contribution in [-0.2, 0) is 12.7 Å². The minimum atomic E-state index is -4.65. The Kier molecular flexibility index (Phi) is 5.15. The molecule has 1 heterocycles. The number of alkyl halides is 3. The number of nitrogens with zero attached hydrogens (tertiary/aromatic N) is 2. The first kappa shape index (κ1) is 18.9. The van der Waals surface area contributed by atoms with Crippen molar-refractivity contribution in [3.8, 4) is 11.3 Å². The monoisotopic (exact) mass is 384 g/mol. The summed E-state index contributed by atoms with van der Waals surface area (Å²) in [6.07, 6.45) is -4.65. The van der Waals surface area contributed by atoms with Crippen molar-refractivity contribution in [1.82, 2.24) is 4.57 Å². The molecule has 0 aliphatic heterocycles. The second kappa shape index (κ2) is 7.37. The lowest BCUT2D eigenvalue weighted by atomic mass is 10.0. The molecule has 0 bridgehead atoms. The molecule has 6 heteroatoms. The molecule has 136 valence electrons. The molecular weight excluding hydrogens is 369 g/mol. The molecule has 2 nitrogen and oxygen atoms in total. The van der Waals surface area contributed by atoms with Crippen LogP contribution in [0.4, 0.5) is 18.9 Å². The molecule has 27 heavy (non-hydrogen) atoms. The van der Waals surface area contributed by atoms with E-state index in [4.69, 9.17) is 18.8 Å². The van der Waals surface area contributed by atoms with Crippen LogP contribution >= 0.6 is 12.2 Å². The predicted octanol–water partition coefficient (Wildman–Crippen LogP) is 6.81. The highest BCUT2D eigenvalue weighted by molar-refractivity contribution is 7.71. The van der Waals surface area contributed by atoms with Gasteiger partial charge >= 0.3 is 6.18 Å². The van der Waals surface area contributed by atoms with Gasteiger partial charge in [0.2, 0.25) is 5.69 Å². The third kappa shape index (κ3) is 3.93. The van der Waals surface area contributed by atoms with E-state index in [2.05, 4.69) is 4.85 Å². The Labute approximate surface area is 160 Å². The largest absolute Gasteiger partial charge is 0.407 e. The zero-order valence-electron chi connectivity index (χ0n) is 14.4. The lowest BCUT2D eigenvalue weighted by Gasteiger charge is -2.19. The average Bonchev–Trinajstić information content (AvgIpc) is 2.63. The fourth-order valence-electron chi connectivity index (χ4n) is 2.93. The van der Waals surface area contributed by atoms with E-state index in [0.29, 0.717) is 11.3 Å². The van der Waals surface area contributed by atoms with Crippen molar-refractivity contribution in [2.24, 2.45) is 0 Å². The summed E-state index contributed by atoms with van der Waals surface area (Å²) < 4.78 is 42.1. The predicted molar refractivity (Wildman–Crippen MR) is 102 cm³/mol. The zero-order valence-corrected chi connectivity index (χ0v) is 15.2. The van der Waals surface area contributed by atoms with E-state index in [1.165, 1.54) is 0 Å². The summed E-state index contributed by atoms with van der Waals surface area (Å²) in [5, 5.41) is 0. The van der Waals surface area contributed by atoms with Gasteiger partial charge in [-0.25, -0.2) is 4.85 Å². The van der Waals surface area contributed by atoms with Crippen LogP contribution in [0.25, 0.3) is 16.1 Å². The number of halogens is 3. The molecule has 3 rings (SSSR count). The van der Waals surface area contributed by atoms with Crippen molar-refractivity contribution in [3.63, 3.8) is 0 Å². The Bertz CT molecular complexity index is 1080. The summed E-state index contributed by atoms with van der Waals surface area (Å²) in [6.45, 7) is 9.39. The fraction of sp³-hybridized carbons (Fsp3) is 0.143. The van der Waals surface area contributed by atoms with Crippen LogP contribution in [0.5, 0.6) is 0 Å². The molecule has 0 unspecified atom stereocenters. The number of aryl methyl sites for hydroxylation is 1. The molecule has 0 atom stereocenters. The summed E-state index contributed by atoms with van der Waals surface area (Å²) in [5.41, 5.74) is 1.24. The SMILES string of the molecule is [C-]#[N+]c1c(C(F)(F)F)cc(-c2cccc(C)c2)n(Cc2ccccc2)c1=S. The van der Waals surface area contributed by atoms with Crippen molar-refractivity contribution in [2.75, 3.05) is 0 Å². The summed E-state index contributed by atoms with van der Waals surface area (Å²) in [6, 6.07) is 17.6. The van der Waals surface area contributed by atoms with Crippen LogP contribution in [0.2, 0.25) is 0 Å². The molecular formula is C21H15F3N2S. The molecule has 0 saturated carbocycles. The highest BCUT2D eigenvalue weighted by Crippen LogP contribution is 2.40. The van der Waals surface area contributed by atoms with E-state index in [0.717, 1.165) is 17.2 Å². The topological polar surface area (TPSA) is 9.29 Å². The van der Waals surface area contributed by atoms with Gasteiger partial charge in [0.25, 0.3) is 0 Å². The zero-order chi connectivity index (χ0) is 19.6. The first-order valence-corrected chi connectivity index (χ1v) is 8.55. The second-order valence-electron chi connectivity index (χ2n) is 6.15. The minimum absolute atomic E-state index is 0.111. The van der Waals surface area contributed by atoms with Crippen LogP contribution in [-0.4, -0.2) is 4.57 Å². The van der Waals surface area contributed by atoms with Gasteiger partial charge in [0.1, 0.15) is 4.64 Å². The molecule has 0 saturated heterocycles. The Morgan fingerprint density at radius 3 is 2.33 bits per heavy atom. The van der Waals surface area contributed by atoms with Gasteiger partial charge in [0, 0.05) is 12.2 Å². The first-order chi connectivity index (χ1) is 12.8. The number of hydrogen-bond donors (Lipinski definition) is 0. The third-order valence-electron chi connectivity index (χ3n) is 4.19. The van der Waals surface area contributed by atoms with E-state index < -0.39 is 17.4 Å². The van der Waals surface area contributed by atoms with E-state index >= 15 is 0 Å². The van der Waals surface area contributed by atoms with Crippen molar-refractivity contribution >= 4 is 17.9 Å². The average molecular weight is 384 g/mol. The van der Waals surface area contributed by atoms with Crippen LogP contribution in [0.15, 0.2) is 60.7 Å². The maximum atomic E-state index is 13.6. The van der Waals surface area contributed by atoms with E-state index in [1.807, 2.05) is 49.4 Å². The van der Waals surface area contributed by atoms with Gasteiger partial charge in [-0.05, 0) is 30.2 Å². The van der Waals surface area contributed by atoms with Crippen LogP contribution in [0.3, 0.4) is 0 Å². The smallest absolute Gasteiger partial charge is 0.336 e. The summed E-state index contributed by atoms with van der Waals surface area (Å²) >= 11 is 5.32. The quantitative estimate of drug-likeness (QED) is 0.356. The molecule has 0 amide bonds. The normalized spacial score (nSPS) is 11.2. The van der Waals surface area contributed by atoms with Gasteiger partial charge in [0.05, 0.1) is 12.1 Å². The van der Waals surface area contributed by atoms with E-state index in [1.54, 1.807) is 16.7 Å². The van der Waals surface area contributed by atoms with Gasteiger partial charge in [-0.2, -0.15) is 13.2 Å². The van der Waals surface area contributed by atoms with Crippen molar-refractivity contribution in [2.45, 2.75) is 19.6 Å². The molecule has 0 N–H and O–H groups in total. The van der Waals surface area contributed by atoms with E-state index in [-0.39, 0.29) is 11.2 Å². The standard InChI is InChI=1S/C21H15F3N2S/c1-14-7-6-10-16(11-14)18-12-17(21(22,23)24)19(25-2)20(27)26(18)13-15-8-4-3-5-9-15/h3-12H,13H2,1H3. The summed E-state index contributed by atoms with van der Waals surface area (Å²) in [5.74, 6) is 0. The number of aromatic nitrogens is 1. The van der Waals surface area contributed by atoms with Crippen LogP contribution in [0, 0.1) is 18.1 Å². The Hall–Kier alpha value is -2.91. The van der Waals surface area contributed by atoms with Gasteiger partial charge in [0.15, 0.2) is 0 Å². The molecule has 0 fully saturated rings. The molecule has 0 spiro atoms. The number of pyridine rings is 1. The van der Waals surface area contributed by atoms with Gasteiger partial charge in [-0.1, -0.05) is 66.3 Å². The Morgan fingerprint density at radius 1 is 1.04 bits per heavy atom. The Morgan fingerprint density at radius 2 is 1.74 bits per heavy atom. The number of hydrogen-bond acceptors (Lipinski definition) is 1. The van der Waals surface area contributed by atoms with Gasteiger partial charge < -0.3 is 4.57 Å². The second-order valence-corrected chi connectivity index (χ2v) is 6.53. The van der Waals surface area contributed by atoms with Crippen molar-refractivity contribution in [3.05, 3.63) is 93.4 Å². The lowest BCUT2D eigenvalue weighted by Crippen LogP contribution is -2.12. The summed E-state index contributed by atoms with van der Waals surface area (Å²) in [7, 11) is 0. The third-order valence-corrected chi connectivity index (χ3v) is 4.60. The molecule has 2 aromatic carbocycles. The molecule has 0 radical (unpaired) electrons.